The Kier molecular flexibility index (Phi) is 2.73. The van der Waals surface area contributed by atoms with Crippen LogP contribution in [0.25, 0.3) is 10.8 Å². The van der Waals surface area contributed by atoms with Crippen molar-refractivity contribution in [3.8, 4) is 5.75 Å². The zero-order chi connectivity index (χ0) is 11.7. The van der Waals surface area contributed by atoms with Gasteiger partial charge in [0.1, 0.15) is 5.75 Å². The second-order valence-corrected chi connectivity index (χ2v) is 4.64. The van der Waals surface area contributed by atoms with E-state index in [9.17, 15) is 5.11 Å². The van der Waals surface area contributed by atoms with Gasteiger partial charge in [0.25, 0.3) is 0 Å². The number of nitrogen functional groups attached to an aromatic ring is 1. The summed E-state index contributed by atoms with van der Waals surface area (Å²) in [4.78, 5) is 0. The van der Waals surface area contributed by atoms with Crippen LogP contribution in [0.2, 0.25) is 0 Å². The van der Waals surface area contributed by atoms with Gasteiger partial charge in [0, 0.05) is 11.1 Å². The summed E-state index contributed by atoms with van der Waals surface area (Å²) in [7, 11) is 0. The van der Waals surface area contributed by atoms with Gasteiger partial charge in [-0.15, -0.1) is 0 Å². The number of phenols is 1. The molecule has 0 fully saturated rings. The number of rotatable bonds is 2. The zero-order valence-electron chi connectivity index (χ0n) is 9.70. The number of anilines is 1. The number of nitrogens with two attached hydrogens (primary N) is 1. The summed E-state index contributed by atoms with van der Waals surface area (Å²) in [6.45, 7) is 4.39. The first-order valence-electron chi connectivity index (χ1n) is 5.58. The topological polar surface area (TPSA) is 46.2 Å². The maximum atomic E-state index is 9.47. The van der Waals surface area contributed by atoms with Gasteiger partial charge >= 0.3 is 0 Å². The van der Waals surface area contributed by atoms with Crippen LogP contribution in [0.4, 0.5) is 5.69 Å². The van der Waals surface area contributed by atoms with E-state index in [1.165, 1.54) is 5.56 Å². The van der Waals surface area contributed by atoms with E-state index in [-0.39, 0.29) is 5.75 Å². The number of fused-ring (bicyclic) bond motifs is 1. The van der Waals surface area contributed by atoms with E-state index < -0.39 is 0 Å². The van der Waals surface area contributed by atoms with Crippen LogP contribution in [-0.2, 0) is 6.42 Å². The molecule has 0 aliphatic heterocycles. The molecule has 0 radical (unpaired) electrons. The van der Waals surface area contributed by atoms with Crippen LogP contribution in [0, 0.1) is 5.92 Å². The van der Waals surface area contributed by atoms with Crippen LogP contribution in [0.1, 0.15) is 19.4 Å². The monoisotopic (exact) mass is 215 g/mol. The lowest BCUT2D eigenvalue weighted by molar-refractivity contribution is 0.476. The molecule has 0 aliphatic rings. The highest BCUT2D eigenvalue weighted by Gasteiger charge is 2.06. The van der Waals surface area contributed by atoms with Crippen molar-refractivity contribution >= 4 is 16.5 Å². The molecular formula is C14H17NO. The molecular weight excluding hydrogens is 198 g/mol. The standard InChI is InChI=1S/C14H17NO/c1-9(2)7-10-3-6-14(15)13-8-11(16)4-5-12(10)13/h3-6,8-9,16H,7,15H2,1-2H3. The van der Waals surface area contributed by atoms with E-state index in [0.717, 1.165) is 22.9 Å². The predicted octanol–water partition coefficient (Wildman–Crippen LogP) is 3.33. The summed E-state index contributed by atoms with van der Waals surface area (Å²) >= 11 is 0. The normalized spacial score (nSPS) is 11.2. The fraction of sp³-hybridized carbons (Fsp3) is 0.286. The number of phenolic OH excluding ortho intramolecular Hbond substituents is 1. The molecule has 0 heterocycles. The maximum absolute atomic E-state index is 9.47. The van der Waals surface area contributed by atoms with E-state index in [4.69, 9.17) is 5.73 Å². The minimum Gasteiger partial charge on any atom is -0.508 e. The fourth-order valence-electron chi connectivity index (χ4n) is 2.04. The van der Waals surface area contributed by atoms with Crippen LogP contribution >= 0.6 is 0 Å². The highest BCUT2D eigenvalue weighted by Crippen LogP contribution is 2.29. The molecule has 0 aromatic heterocycles. The van der Waals surface area contributed by atoms with Gasteiger partial charge in [-0.25, -0.2) is 0 Å². The summed E-state index contributed by atoms with van der Waals surface area (Å²) in [6.07, 6.45) is 1.03. The van der Waals surface area contributed by atoms with E-state index in [1.54, 1.807) is 12.1 Å². The molecule has 3 N–H and O–H groups in total. The molecule has 0 aliphatic carbocycles. The van der Waals surface area contributed by atoms with Crippen molar-refractivity contribution < 1.29 is 5.11 Å². The molecule has 2 heteroatoms. The van der Waals surface area contributed by atoms with Crippen LogP contribution in [0.3, 0.4) is 0 Å². The zero-order valence-corrected chi connectivity index (χ0v) is 9.70. The Hall–Kier alpha value is -1.70. The molecule has 0 unspecified atom stereocenters. The van der Waals surface area contributed by atoms with Crippen molar-refractivity contribution in [2.24, 2.45) is 5.92 Å². The predicted molar refractivity (Wildman–Crippen MR) is 68.6 cm³/mol. The summed E-state index contributed by atoms with van der Waals surface area (Å²) in [5, 5.41) is 11.6. The lowest BCUT2D eigenvalue weighted by atomic mass is 9.96. The smallest absolute Gasteiger partial charge is 0.116 e. The first-order chi connectivity index (χ1) is 7.58. The van der Waals surface area contributed by atoms with Crippen LogP contribution in [-0.4, -0.2) is 5.11 Å². The van der Waals surface area contributed by atoms with Crippen molar-refractivity contribution in [3.05, 3.63) is 35.9 Å². The number of hydrogen-bond donors (Lipinski definition) is 2. The van der Waals surface area contributed by atoms with Gasteiger partial charge < -0.3 is 10.8 Å². The maximum Gasteiger partial charge on any atom is 0.116 e. The Bertz CT molecular complexity index is 517. The van der Waals surface area contributed by atoms with Gasteiger partial charge in [-0.05, 0) is 41.5 Å². The molecule has 2 nitrogen and oxygen atoms in total. The molecule has 0 saturated carbocycles. The molecule has 84 valence electrons. The van der Waals surface area contributed by atoms with Gasteiger partial charge in [0.15, 0.2) is 0 Å². The SMILES string of the molecule is CC(C)Cc1ccc(N)c2cc(O)ccc12. The molecule has 2 aromatic carbocycles. The molecule has 0 atom stereocenters. The highest BCUT2D eigenvalue weighted by atomic mass is 16.3. The lowest BCUT2D eigenvalue weighted by Gasteiger charge is -2.11. The highest BCUT2D eigenvalue weighted by molar-refractivity contribution is 5.96. The van der Waals surface area contributed by atoms with Crippen molar-refractivity contribution in [1.82, 2.24) is 0 Å². The third-order valence-corrected chi connectivity index (χ3v) is 2.75. The number of aromatic hydroxyl groups is 1. The first kappa shape index (κ1) is 10.8. The second-order valence-electron chi connectivity index (χ2n) is 4.64. The van der Waals surface area contributed by atoms with E-state index in [0.29, 0.717) is 5.92 Å². The molecule has 0 bridgehead atoms. The molecule has 2 rings (SSSR count). The van der Waals surface area contributed by atoms with Crippen LogP contribution in [0.5, 0.6) is 5.75 Å². The largest absolute Gasteiger partial charge is 0.508 e. The van der Waals surface area contributed by atoms with E-state index in [1.807, 2.05) is 12.1 Å². The molecule has 2 aromatic rings. The Morgan fingerprint density at radius 3 is 2.56 bits per heavy atom. The summed E-state index contributed by atoms with van der Waals surface area (Å²) in [5.74, 6) is 0.876. The van der Waals surface area contributed by atoms with Crippen LogP contribution < -0.4 is 5.73 Å². The first-order valence-corrected chi connectivity index (χ1v) is 5.58. The summed E-state index contributed by atoms with van der Waals surface area (Å²) in [5.41, 5.74) is 7.93. The van der Waals surface area contributed by atoms with Gasteiger partial charge in [0.05, 0.1) is 0 Å². The average molecular weight is 215 g/mol. The molecule has 16 heavy (non-hydrogen) atoms. The number of benzene rings is 2. The van der Waals surface area contributed by atoms with Crippen molar-refractivity contribution in [2.45, 2.75) is 20.3 Å². The van der Waals surface area contributed by atoms with Gasteiger partial charge in [-0.2, -0.15) is 0 Å². The van der Waals surface area contributed by atoms with Crippen molar-refractivity contribution in [3.63, 3.8) is 0 Å². The number of hydrogen-bond acceptors (Lipinski definition) is 2. The van der Waals surface area contributed by atoms with Crippen LogP contribution in [0.15, 0.2) is 30.3 Å². The Morgan fingerprint density at radius 2 is 1.88 bits per heavy atom. The van der Waals surface area contributed by atoms with E-state index in [2.05, 4.69) is 19.9 Å². The molecule has 0 amide bonds. The minimum atomic E-state index is 0.265. The van der Waals surface area contributed by atoms with E-state index >= 15 is 0 Å². The Morgan fingerprint density at radius 1 is 1.12 bits per heavy atom. The van der Waals surface area contributed by atoms with Gasteiger partial charge in [-0.1, -0.05) is 26.0 Å². The Balaban J connectivity index is 2.64. The summed E-state index contributed by atoms with van der Waals surface area (Å²) in [6, 6.07) is 9.38. The van der Waals surface area contributed by atoms with Crippen molar-refractivity contribution in [2.75, 3.05) is 5.73 Å². The van der Waals surface area contributed by atoms with Crippen molar-refractivity contribution in [1.29, 1.82) is 0 Å². The van der Waals surface area contributed by atoms with Gasteiger partial charge in [0.2, 0.25) is 0 Å². The third kappa shape index (κ3) is 1.96. The lowest BCUT2D eigenvalue weighted by Crippen LogP contribution is -1.97. The average Bonchev–Trinajstić information content (AvgIpc) is 2.22. The molecule has 0 spiro atoms. The third-order valence-electron chi connectivity index (χ3n) is 2.75. The quantitative estimate of drug-likeness (QED) is 0.755. The second kappa shape index (κ2) is 4.05. The van der Waals surface area contributed by atoms with Gasteiger partial charge in [-0.3, -0.25) is 0 Å². The molecule has 0 saturated heterocycles. The summed E-state index contributed by atoms with van der Waals surface area (Å²) < 4.78 is 0. The Labute approximate surface area is 95.7 Å². The minimum absolute atomic E-state index is 0.265. The fourth-order valence-corrected chi connectivity index (χ4v) is 2.04.